The number of halogens is 2. The topological polar surface area (TPSA) is 81.8 Å². The van der Waals surface area contributed by atoms with Crippen LogP contribution in [0.4, 0.5) is 10.1 Å². The average Bonchev–Trinajstić information content (AvgIpc) is 3.26. The molecule has 7 nitrogen and oxygen atoms in total. The van der Waals surface area contributed by atoms with Crippen LogP contribution >= 0.6 is 11.6 Å². The van der Waals surface area contributed by atoms with Gasteiger partial charge in [-0.05, 0) is 54.8 Å². The van der Waals surface area contributed by atoms with Crippen LogP contribution in [0.2, 0.25) is 5.02 Å². The Balaban J connectivity index is 1.37. The van der Waals surface area contributed by atoms with Crippen molar-refractivity contribution in [2.24, 2.45) is 0 Å². The largest absolute Gasteiger partial charge is 0.344 e. The van der Waals surface area contributed by atoms with Crippen LogP contribution in [0.5, 0.6) is 0 Å². The molecule has 2 aromatic carbocycles. The normalized spacial score (nSPS) is 20.8. The van der Waals surface area contributed by atoms with E-state index in [1.54, 1.807) is 36.4 Å². The highest BCUT2D eigenvalue weighted by molar-refractivity contribution is 6.31. The number of piperazine rings is 1. The Hall–Kier alpha value is -3.23. The van der Waals surface area contributed by atoms with Crippen molar-refractivity contribution >= 4 is 41.1 Å². The number of carbonyl (C=O) groups excluding carboxylic acids is 3. The van der Waals surface area contributed by atoms with Gasteiger partial charge in [-0.3, -0.25) is 19.3 Å². The summed E-state index contributed by atoms with van der Waals surface area (Å²) in [5.41, 5.74) is 2.15. The highest BCUT2D eigenvalue weighted by Crippen LogP contribution is 2.24. The number of carbonyl (C=O) groups is 3. The molecule has 9 heteroatoms. The molecule has 2 aromatic rings. The molecule has 4 rings (SSSR count). The molecule has 0 saturated carbocycles. The minimum absolute atomic E-state index is 0.0108. The fourth-order valence-corrected chi connectivity index (χ4v) is 4.59. The second-order valence-electron chi connectivity index (χ2n) is 8.96. The Morgan fingerprint density at radius 3 is 2.66 bits per heavy atom. The fraction of sp³-hybridized carbons (Fsp3) is 0.346. The van der Waals surface area contributed by atoms with Crippen molar-refractivity contribution in [2.45, 2.75) is 38.4 Å². The van der Waals surface area contributed by atoms with Crippen molar-refractivity contribution < 1.29 is 18.8 Å². The zero-order chi connectivity index (χ0) is 24.9. The van der Waals surface area contributed by atoms with E-state index in [2.05, 4.69) is 15.5 Å². The first-order valence-corrected chi connectivity index (χ1v) is 12.0. The number of benzene rings is 2. The summed E-state index contributed by atoms with van der Waals surface area (Å²) in [4.78, 5) is 41.0. The number of nitrogens with one attached hydrogen (secondary N) is 2. The number of anilines is 1. The lowest BCUT2D eigenvalue weighted by Gasteiger charge is -2.39. The van der Waals surface area contributed by atoms with Crippen LogP contribution in [0.1, 0.15) is 30.9 Å². The van der Waals surface area contributed by atoms with Crippen molar-refractivity contribution in [1.82, 2.24) is 15.1 Å². The second-order valence-corrected chi connectivity index (χ2v) is 9.39. The smallest absolute Gasteiger partial charge is 0.246 e. The summed E-state index contributed by atoms with van der Waals surface area (Å²) in [6, 6.07) is 11.0. The van der Waals surface area contributed by atoms with Crippen molar-refractivity contribution in [3.05, 3.63) is 70.5 Å². The monoisotopic (exact) mass is 498 g/mol. The molecular weight excluding hydrogens is 471 g/mol. The highest BCUT2D eigenvalue weighted by atomic mass is 35.5. The molecule has 0 aromatic heterocycles. The third-order valence-electron chi connectivity index (χ3n) is 6.30. The van der Waals surface area contributed by atoms with E-state index >= 15 is 0 Å². The van der Waals surface area contributed by atoms with Gasteiger partial charge in [-0.2, -0.15) is 0 Å². The fourth-order valence-electron chi connectivity index (χ4n) is 4.42. The molecule has 35 heavy (non-hydrogen) atoms. The highest BCUT2D eigenvalue weighted by Gasteiger charge is 2.28. The lowest BCUT2D eigenvalue weighted by atomic mass is 10.1. The molecule has 2 aliphatic heterocycles. The van der Waals surface area contributed by atoms with E-state index in [9.17, 15) is 18.8 Å². The van der Waals surface area contributed by atoms with E-state index in [1.807, 2.05) is 11.8 Å². The van der Waals surface area contributed by atoms with Gasteiger partial charge in [0, 0.05) is 55.4 Å². The SMILES string of the molecule is C[C@@H]1CN(Cc2ccc(F)cc2)CCN1C(=O)/C=C/c1ccc(Cl)cc1NC(=O)C1CCC(=O)N1. The molecule has 2 atom stereocenters. The molecule has 2 saturated heterocycles. The average molecular weight is 499 g/mol. The van der Waals surface area contributed by atoms with Gasteiger partial charge in [0.15, 0.2) is 0 Å². The number of hydrogen-bond donors (Lipinski definition) is 2. The van der Waals surface area contributed by atoms with Gasteiger partial charge >= 0.3 is 0 Å². The van der Waals surface area contributed by atoms with Gasteiger partial charge < -0.3 is 15.5 Å². The number of amides is 3. The molecule has 184 valence electrons. The molecule has 0 radical (unpaired) electrons. The molecule has 0 aliphatic carbocycles. The predicted octanol–water partition coefficient (Wildman–Crippen LogP) is 3.44. The van der Waals surface area contributed by atoms with Gasteiger partial charge in [-0.15, -0.1) is 0 Å². The Bertz CT molecular complexity index is 1140. The molecule has 2 fully saturated rings. The second kappa shape index (κ2) is 11.0. The Labute approximate surface area is 208 Å². The quantitative estimate of drug-likeness (QED) is 0.598. The Morgan fingerprint density at radius 2 is 1.97 bits per heavy atom. The zero-order valence-corrected chi connectivity index (χ0v) is 20.2. The first-order chi connectivity index (χ1) is 16.8. The van der Waals surface area contributed by atoms with Crippen LogP contribution in [0, 0.1) is 5.82 Å². The molecule has 1 unspecified atom stereocenters. The number of rotatable bonds is 6. The van der Waals surface area contributed by atoms with Gasteiger partial charge in [0.2, 0.25) is 17.7 Å². The standard InChI is InChI=1S/C26H28ClFN4O3/c1-17-15-31(16-18-2-7-21(28)8-3-18)12-13-32(17)25(34)11-5-19-4-6-20(27)14-23(19)30-26(35)22-9-10-24(33)29-22/h2-8,11,14,17,22H,9-10,12-13,15-16H2,1H3,(H,29,33)(H,30,35)/b11-5+/t17-,22?/m1/s1. The van der Waals surface area contributed by atoms with E-state index in [4.69, 9.17) is 11.6 Å². The van der Waals surface area contributed by atoms with Gasteiger partial charge in [0.05, 0.1) is 0 Å². The third-order valence-corrected chi connectivity index (χ3v) is 6.54. The maximum absolute atomic E-state index is 13.1. The minimum Gasteiger partial charge on any atom is -0.344 e. The van der Waals surface area contributed by atoms with Gasteiger partial charge in [0.25, 0.3) is 0 Å². The zero-order valence-electron chi connectivity index (χ0n) is 19.5. The van der Waals surface area contributed by atoms with Crippen molar-refractivity contribution in [3.8, 4) is 0 Å². The molecule has 0 bridgehead atoms. The summed E-state index contributed by atoms with van der Waals surface area (Å²) >= 11 is 6.12. The summed E-state index contributed by atoms with van der Waals surface area (Å²) in [7, 11) is 0. The van der Waals surface area contributed by atoms with Crippen LogP contribution in [0.3, 0.4) is 0 Å². The van der Waals surface area contributed by atoms with E-state index in [0.717, 1.165) is 12.1 Å². The summed E-state index contributed by atoms with van der Waals surface area (Å²) in [5.74, 6) is -0.828. The number of nitrogens with zero attached hydrogens (tertiary/aromatic N) is 2. The van der Waals surface area contributed by atoms with E-state index < -0.39 is 6.04 Å². The van der Waals surface area contributed by atoms with Crippen LogP contribution in [-0.2, 0) is 20.9 Å². The lowest BCUT2D eigenvalue weighted by Crippen LogP contribution is -2.53. The Kier molecular flexibility index (Phi) is 7.83. The minimum atomic E-state index is -0.577. The predicted molar refractivity (Wildman–Crippen MR) is 133 cm³/mol. The van der Waals surface area contributed by atoms with Crippen LogP contribution in [0.15, 0.2) is 48.5 Å². The molecule has 2 N–H and O–H groups in total. The number of hydrogen-bond acceptors (Lipinski definition) is 4. The summed E-state index contributed by atoms with van der Waals surface area (Å²) in [6.45, 7) is 4.73. The van der Waals surface area contributed by atoms with Gasteiger partial charge in [-0.25, -0.2) is 4.39 Å². The summed E-state index contributed by atoms with van der Waals surface area (Å²) < 4.78 is 13.1. The maximum Gasteiger partial charge on any atom is 0.246 e. The van der Waals surface area contributed by atoms with Crippen molar-refractivity contribution in [1.29, 1.82) is 0 Å². The van der Waals surface area contributed by atoms with E-state index in [0.29, 0.717) is 48.7 Å². The molecule has 2 aliphatic rings. The van der Waals surface area contributed by atoms with E-state index in [1.165, 1.54) is 18.2 Å². The molecule has 2 heterocycles. The first-order valence-electron chi connectivity index (χ1n) is 11.6. The van der Waals surface area contributed by atoms with E-state index in [-0.39, 0.29) is 29.6 Å². The van der Waals surface area contributed by atoms with Crippen LogP contribution < -0.4 is 10.6 Å². The molecule has 3 amide bonds. The van der Waals surface area contributed by atoms with Crippen LogP contribution in [-0.4, -0.2) is 59.2 Å². The Morgan fingerprint density at radius 1 is 1.20 bits per heavy atom. The van der Waals surface area contributed by atoms with Gasteiger partial charge in [0.1, 0.15) is 11.9 Å². The van der Waals surface area contributed by atoms with Crippen molar-refractivity contribution in [3.63, 3.8) is 0 Å². The maximum atomic E-state index is 13.1. The lowest BCUT2D eigenvalue weighted by molar-refractivity contribution is -0.130. The van der Waals surface area contributed by atoms with Crippen LogP contribution in [0.25, 0.3) is 6.08 Å². The molecule has 0 spiro atoms. The summed E-state index contributed by atoms with van der Waals surface area (Å²) in [5, 5.41) is 5.91. The van der Waals surface area contributed by atoms with Crippen molar-refractivity contribution in [2.75, 3.05) is 25.0 Å². The summed E-state index contributed by atoms with van der Waals surface area (Å²) in [6.07, 6.45) is 3.94. The first kappa shape index (κ1) is 24.9. The molecular formula is C26H28ClFN4O3. The van der Waals surface area contributed by atoms with Gasteiger partial charge in [-0.1, -0.05) is 29.8 Å². The third kappa shape index (κ3) is 6.46.